The number of hydrogen-bond acceptors (Lipinski definition) is 7. The maximum absolute atomic E-state index is 13.2. The Morgan fingerprint density at radius 3 is 1.98 bits per heavy atom. The number of esters is 1. The average molecular weight is 654 g/mol. The Morgan fingerprint density at radius 2 is 1.40 bits per heavy atom. The van der Waals surface area contributed by atoms with E-state index in [9.17, 15) is 14.4 Å². The molecule has 1 saturated heterocycles. The van der Waals surface area contributed by atoms with Crippen LogP contribution in [0.25, 0.3) is 0 Å². The van der Waals surface area contributed by atoms with Crippen molar-refractivity contribution in [3.05, 3.63) is 107 Å². The fourth-order valence-electron chi connectivity index (χ4n) is 7.09. The van der Waals surface area contributed by atoms with Crippen molar-refractivity contribution in [2.75, 3.05) is 19.6 Å². The van der Waals surface area contributed by atoms with E-state index >= 15 is 0 Å². The van der Waals surface area contributed by atoms with Crippen LogP contribution in [0.15, 0.2) is 84.9 Å². The summed E-state index contributed by atoms with van der Waals surface area (Å²) < 4.78 is 17.3. The van der Waals surface area contributed by atoms with Gasteiger partial charge in [0.25, 0.3) is 0 Å². The number of Topliss-reactive ketones (excluding diaryl/α,β-unsaturated/α-hetero) is 1. The topological polar surface area (TPSA) is 82.1 Å². The Hall–Kier alpha value is -3.81. The molecular formula is C41H51NO6. The molecule has 1 aliphatic carbocycles. The molecule has 0 N–H and O–H groups in total. The van der Waals surface area contributed by atoms with E-state index in [1.807, 2.05) is 31.2 Å². The molecular weight excluding hydrogens is 602 g/mol. The molecule has 48 heavy (non-hydrogen) atoms. The van der Waals surface area contributed by atoms with Gasteiger partial charge in [0.2, 0.25) is 0 Å². The highest BCUT2D eigenvalue weighted by Crippen LogP contribution is 2.33. The van der Waals surface area contributed by atoms with Gasteiger partial charge in [0, 0.05) is 25.1 Å². The number of ether oxygens (including phenoxy) is 3. The molecule has 7 nitrogen and oxygen atoms in total. The smallest absolute Gasteiger partial charge is 0.431 e. The number of benzene rings is 3. The number of nitrogens with zero attached hydrogens (tertiary/aromatic N) is 1. The van der Waals surface area contributed by atoms with Crippen molar-refractivity contribution in [3.8, 4) is 0 Å². The highest BCUT2D eigenvalue weighted by Gasteiger charge is 2.38. The van der Waals surface area contributed by atoms with E-state index in [0.717, 1.165) is 83.0 Å². The van der Waals surface area contributed by atoms with Gasteiger partial charge in [-0.25, -0.2) is 4.79 Å². The van der Waals surface area contributed by atoms with E-state index in [4.69, 9.17) is 14.2 Å². The average Bonchev–Trinajstić information content (AvgIpc) is 3.12. The zero-order chi connectivity index (χ0) is 33.8. The number of piperidine rings is 1. The fraction of sp³-hybridized carbons (Fsp3) is 0.488. The molecule has 0 spiro atoms. The van der Waals surface area contributed by atoms with Crippen molar-refractivity contribution in [2.45, 2.75) is 108 Å². The molecule has 2 fully saturated rings. The second-order valence-corrected chi connectivity index (χ2v) is 13.6. The lowest BCUT2D eigenvalue weighted by atomic mass is 9.78. The van der Waals surface area contributed by atoms with Gasteiger partial charge in [-0.2, -0.15) is 0 Å². The first-order valence-electron chi connectivity index (χ1n) is 17.9. The molecule has 1 heterocycles. The Kier molecular flexibility index (Phi) is 13.0. The predicted molar refractivity (Wildman–Crippen MR) is 187 cm³/mol. The first kappa shape index (κ1) is 35.5. The molecule has 0 radical (unpaired) electrons. The summed E-state index contributed by atoms with van der Waals surface area (Å²) in [6.45, 7) is 6.55. The van der Waals surface area contributed by atoms with Crippen LogP contribution < -0.4 is 0 Å². The van der Waals surface area contributed by atoms with Crippen molar-refractivity contribution in [2.24, 2.45) is 0 Å². The van der Waals surface area contributed by atoms with Crippen LogP contribution in [0.1, 0.15) is 118 Å². The van der Waals surface area contributed by atoms with Gasteiger partial charge in [-0.3, -0.25) is 9.59 Å². The number of carbonyl (C=O) groups is 3. The lowest BCUT2D eigenvalue weighted by Crippen LogP contribution is -2.38. The third kappa shape index (κ3) is 9.64. The molecule has 0 aromatic heterocycles. The minimum Gasteiger partial charge on any atom is -0.431 e. The first-order valence-corrected chi connectivity index (χ1v) is 17.9. The van der Waals surface area contributed by atoms with Crippen molar-refractivity contribution in [1.82, 2.24) is 4.90 Å². The largest absolute Gasteiger partial charge is 0.516 e. The van der Waals surface area contributed by atoms with E-state index in [-0.39, 0.29) is 24.1 Å². The zero-order valence-corrected chi connectivity index (χ0v) is 28.6. The van der Waals surface area contributed by atoms with E-state index in [1.165, 1.54) is 11.1 Å². The van der Waals surface area contributed by atoms with Crippen LogP contribution in [0.3, 0.4) is 0 Å². The monoisotopic (exact) mass is 653 g/mol. The van der Waals surface area contributed by atoms with E-state index in [1.54, 1.807) is 19.1 Å². The third-order valence-corrected chi connectivity index (χ3v) is 9.98. The summed E-state index contributed by atoms with van der Waals surface area (Å²) >= 11 is 0. The third-order valence-electron chi connectivity index (χ3n) is 9.98. The Bertz CT molecular complexity index is 1410. The van der Waals surface area contributed by atoms with Gasteiger partial charge < -0.3 is 19.1 Å². The lowest BCUT2D eigenvalue weighted by Gasteiger charge is -2.34. The number of carbonyl (C=O) groups excluding carboxylic acids is 3. The second kappa shape index (κ2) is 17.5. The van der Waals surface area contributed by atoms with Crippen molar-refractivity contribution < 1.29 is 28.6 Å². The fourth-order valence-corrected chi connectivity index (χ4v) is 7.09. The first-order chi connectivity index (χ1) is 23.4. The minimum absolute atomic E-state index is 0.0822. The second-order valence-electron chi connectivity index (χ2n) is 13.6. The molecule has 256 valence electrons. The summed E-state index contributed by atoms with van der Waals surface area (Å²) in [7, 11) is 0. The van der Waals surface area contributed by atoms with Gasteiger partial charge >= 0.3 is 12.1 Å². The molecule has 1 saturated carbocycles. The Balaban J connectivity index is 1.07. The van der Waals surface area contributed by atoms with Gasteiger partial charge in [0.05, 0.1) is 11.5 Å². The molecule has 7 heteroatoms. The van der Waals surface area contributed by atoms with Crippen LogP contribution in [-0.2, 0) is 24.4 Å². The van der Waals surface area contributed by atoms with E-state index in [2.05, 4.69) is 53.4 Å². The number of rotatable bonds is 14. The normalized spacial score (nSPS) is 17.5. The highest BCUT2D eigenvalue weighted by molar-refractivity contribution is 5.96. The molecule has 3 aromatic rings. The predicted octanol–water partition coefficient (Wildman–Crippen LogP) is 8.99. The Morgan fingerprint density at radius 1 is 0.792 bits per heavy atom. The quantitative estimate of drug-likeness (QED) is 0.0976. The Labute approximate surface area is 286 Å². The van der Waals surface area contributed by atoms with Crippen LogP contribution in [0, 0.1) is 0 Å². The number of likely N-dealkylation sites (tertiary alicyclic amines) is 1. The van der Waals surface area contributed by atoms with E-state index in [0.29, 0.717) is 18.4 Å². The summed E-state index contributed by atoms with van der Waals surface area (Å²) in [6.07, 6.45) is 8.21. The number of hydrogen-bond donors (Lipinski definition) is 0. The maximum atomic E-state index is 13.2. The van der Waals surface area contributed by atoms with E-state index < -0.39 is 17.5 Å². The summed E-state index contributed by atoms with van der Waals surface area (Å²) in [6, 6.07) is 28.1. The van der Waals surface area contributed by atoms with Gasteiger partial charge in [-0.15, -0.1) is 0 Å². The molecule has 1 unspecified atom stereocenters. The highest BCUT2D eigenvalue weighted by atomic mass is 16.7. The molecule has 2 aliphatic rings. The van der Waals surface area contributed by atoms with Crippen molar-refractivity contribution >= 4 is 17.9 Å². The minimum atomic E-state index is -1.01. The molecule has 0 bridgehead atoms. The van der Waals surface area contributed by atoms with Crippen molar-refractivity contribution in [1.29, 1.82) is 0 Å². The molecule has 3 aromatic carbocycles. The lowest BCUT2D eigenvalue weighted by molar-refractivity contribution is -0.147. The van der Waals surface area contributed by atoms with Crippen LogP contribution in [0.2, 0.25) is 0 Å². The van der Waals surface area contributed by atoms with Crippen LogP contribution >= 0.6 is 0 Å². The van der Waals surface area contributed by atoms with Gasteiger partial charge in [0.15, 0.2) is 5.78 Å². The van der Waals surface area contributed by atoms with Gasteiger partial charge in [0.1, 0.15) is 12.2 Å². The van der Waals surface area contributed by atoms with Crippen molar-refractivity contribution in [3.63, 3.8) is 0 Å². The van der Waals surface area contributed by atoms with Crippen LogP contribution in [-0.4, -0.2) is 54.7 Å². The van der Waals surface area contributed by atoms with Gasteiger partial charge in [-0.05, 0) is 81.5 Å². The SMILES string of the molecule is CCCC(C)(C(=O)OC(=O)OC1CCCCC1)c1ccc(C(=O)CCCN2CCC(OC(c3ccccc3)c3ccccc3)CC2)cc1. The maximum Gasteiger partial charge on any atom is 0.516 e. The van der Waals surface area contributed by atoms with Crippen LogP contribution in [0.4, 0.5) is 4.79 Å². The van der Waals surface area contributed by atoms with Crippen LogP contribution in [0.5, 0.6) is 0 Å². The standard InChI is InChI=1S/C41H51NO6/c1-3-27-41(2,39(44)48-40(45)47-35-18-11-6-12-19-35)34-23-21-31(22-24-34)37(43)20-13-28-42-29-25-36(26-30-42)46-38(32-14-7-4-8-15-32)33-16-9-5-10-17-33/h4-5,7-10,14-17,21-24,35-36,38H,3,6,11-13,18-20,25-30H2,1-2H3. The molecule has 1 aliphatic heterocycles. The summed E-state index contributed by atoms with van der Waals surface area (Å²) in [5, 5.41) is 0. The summed E-state index contributed by atoms with van der Waals surface area (Å²) in [4.78, 5) is 41.1. The number of ketones is 1. The molecule has 0 amide bonds. The molecule has 1 atom stereocenters. The summed E-state index contributed by atoms with van der Waals surface area (Å²) in [5.74, 6) is -0.529. The summed E-state index contributed by atoms with van der Waals surface area (Å²) in [5.41, 5.74) is 2.68. The zero-order valence-electron chi connectivity index (χ0n) is 28.6. The van der Waals surface area contributed by atoms with Gasteiger partial charge in [-0.1, -0.05) is 105 Å². The molecule has 5 rings (SSSR count).